The number of aromatic nitrogens is 2. The summed E-state index contributed by atoms with van der Waals surface area (Å²) in [6.07, 6.45) is -3.72. The van der Waals surface area contributed by atoms with E-state index in [1.807, 2.05) is 6.92 Å². The van der Waals surface area contributed by atoms with Crippen molar-refractivity contribution in [1.29, 1.82) is 0 Å². The molecule has 2 rings (SSSR count). The summed E-state index contributed by atoms with van der Waals surface area (Å²) in [5.74, 6) is 0.204. The molecule has 0 amide bonds. The Morgan fingerprint density at radius 2 is 1.90 bits per heavy atom. The molecule has 2 aromatic rings. The quantitative estimate of drug-likeness (QED) is 0.752. The van der Waals surface area contributed by atoms with Crippen molar-refractivity contribution in [3.05, 3.63) is 46.2 Å². The monoisotopic (exact) mass is 300 g/mol. The predicted molar refractivity (Wildman–Crippen MR) is 71.6 cm³/mol. The second-order valence-electron chi connectivity index (χ2n) is 4.33. The van der Waals surface area contributed by atoms with E-state index in [-0.39, 0.29) is 11.0 Å². The van der Waals surface area contributed by atoms with Gasteiger partial charge in [-0.25, -0.2) is 9.97 Å². The molecular formula is C14H12ClF3N2. The normalized spacial score (nSPS) is 11.7. The number of alkyl halides is 3. The molecule has 106 valence electrons. The first kappa shape index (κ1) is 14.8. The Labute approximate surface area is 119 Å². The van der Waals surface area contributed by atoms with Gasteiger partial charge in [0.15, 0.2) is 5.82 Å². The van der Waals surface area contributed by atoms with Crippen LogP contribution in [-0.4, -0.2) is 9.97 Å². The molecule has 0 spiro atoms. The molecule has 0 aliphatic heterocycles. The Morgan fingerprint density at radius 3 is 2.45 bits per heavy atom. The standard InChI is InChI=1S/C14H12ClF3N2/c1-3-11-8(2)19-13(20-12(11)15)9-5-4-6-10(7-9)14(16,17)18/h4-7H,3H2,1-2H3. The van der Waals surface area contributed by atoms with Gasteiger partial charge >= 0.3 is 6.18 Å². The van der Waals surface area contributed by atoms with E-state index in [0.717, 1.165) is 17.7 Å². The van der Waals surface area contributed by atoms with E-state index in [1.54, 1.807) is 6.92 Å². The van der Waals surface area contributed by atoms with Crippen molar-refractivity contribution in [2.45, 2.75) is 26.4 Å². The fourth-order valence-electron chi connectivity index (χ4n) is 1.93. The third kappa shape index (κ3) is 2.93. The average molecular weight is 301 g/mol. The summed E-state index contributed by atoms with van der Waals surface area (Å²) in [4.78, 5) is 8.32. The van der Waals surface area contributed by atoms with E-state index in [1.165, 1.54) is 12.1 Å². The number of hydrogen-bond donors (Lipinski definition) is 0. The lowest BCUT2D eigenvalue weighted by atomic mass is 10.1. The highest BCUT2D eigenvalue weighted by Gasteiger charge is 2.30. The molecule has 1 aromatic carbocycles. The maximum atomic E-state index is 12.7. The number of benzene rings is 1. The average Bonchev–Trinajstić information content (AvgIpc) is 2.37. The van der Waals surface area contributed by atoms with Gasteiger partial charge in [0.25, 0.3) is 0 Å². The van der Waals surface area contributed by atoms with E-state index < -0.39 is 11.7 Å². The zero-order valence-electron chi connectivity index (χ0n) is 10.9. The fraction of sp³-hybridized carbons (Fsp3) is 0.286. The highest BCUT2D eigenvalue weighted by atomic mass is 35.5. The first-order valence-electron chi connectivity index (χ1n) is 6.03. The van der Waals surface area contributed by atoms with Crippen molar-refractivity contribution in [3.8, 4) is 11.4 Å². The van der Waals surface area contributed by atoms with Crippen LogP contribution in [-0.2, 0) is 12.6 Å². The van der Waals surface area contributed by atoms with E-state index in [0.29, 0.717) is 17.7 Å². The maximum absolute atomic E-state index is 12.7. The van der Waals surface area contributed by atoms with Gasteiger partial charge in [-0.1, -0.05) is 30.7 Å². The van der Waals surface area contributed by atoms with E-state index in [4.69, 9.17) is 11.6 Å². The second-order valence-corrected chi connectivity index (χ2v) is 4.69. The van der Waals surface area contributed by atoms with Crippen LogP contribution in [0.15, 0.2) is 24.3 Å². The Balaban J connectivity index is 2.52. The summed E-state index contributed by atoms with van der Waals surface area (Å²) < 4.78 is 38.1. The lowest BCUT2D eigenvalue weighted by Gasteiger charge is -2.10. The molecule has 20 heavy (non-hydrogen) atoms. The van der Waals surface area contributed by atoms with Crippen LogP contribution in [0.2, 0.25) is 5.15 Å². The summed E-state index contributed by atoms with van der Waals surface area (Å²) in [5, 5.41) is 0.285. The van der Waals surface area contributed by atoms with Crippen LogP contribution < -0.4 is 0 Å². The van der Waals surface area contributed by atoms with Gasteiger partial charge in [-0.05, 0) is 25.5 Å². The zero-order valence-corrected chi connectivity index (χ0v) is 11.7. The summed E-state index contributed by atoms with van der Waals surface area (Å²) >= 11 is 6.04. The topological polar surface area (TPSA) is 25.8 Å². The number of hydrogen-bond acceptors (Lipinski definition) is 2. The lowest BCUT2D eigenvalue weighted by molar-refractivity contribution is -0.137. The highest BCUT2D eigenvalue weighted by molar-refractivity contribution is 6.30. The molecule has 0 aliphatic rings. The molecule has 1 heterocycles. The molecule has 2 nitrogen and oxygen atoms in total. The van der Waals surface area contributed by atoms with Gasteiger partial charge in [-0.2, -0.15) is 13.2 Å². The molecule has 6 heteroatoms. The van der Waals surface area contributed by atoms with E-state index in [2.05, 4.69) is 9.97 Å². The smallest absolute Gasteiger partial charge is 0.233 e. The van der Waals surface area contributed by atoms with Crippen LogP contribution in [0.1, 0.15) is 23.7 Å². The molecule has 0 bridgehead atoms. The molecule has 1 aromatic heterocycles. The lowest BCUT2D eigenvalue weighted by Crippen LogP contribution is -2.05. The number of rotatable bonds is 2. The van der Waals surface area contributed by atoms with Crippen LogP contribution in [0.3, 0.4) is 0 Å². The minimum Gasteiger partial charge on any atom is -0.233 e. The van der Waals surface area contributed by atoms with Crippen LogP contribution in [0.5, 0.6) is 0 Å². The van der Waals surface area contributed by atoms with Crippen molar-refractivity contribution in [2.75, 3.05) is 0 Å². The first-order valence-corrected chi connectivity index (χ1v) is 6.41. The second kappa shape index (κ2) is 5.40. The van der Waals surface area contributed by atoms with E-state index in [9.17, 15) is 13.2 Å². The molecule has 0 saturated heterocycles. The summed E-state index contributed by atoms with van der Waals surface area (Å²) in [7, 11) is 0. The van der Waals surface area contributed by atoms with E-state index >= 15 is 0 Å². The van der Waals surface area contributed by atoms with Crippen molar-refractivity contribution >= 4 is 11.6 Å². The Hall–Kier alpha value is -1.62. The van der Waals surface area contributed by atoms with Gasteiger partial charge in [0, 0.05) is 16.8 Å². The minimum absolute atomic E-state index is 0.204. The van der Waals surface area contributed by atoms with Crippen LogP contribution in [0.4, 0.5) is 13.2 Å². The summed E-state index contributed by atoms with van der Waals surface area (Å²) in [5.41, 5.74) is 1.06. The molecule has 0 fully saturated rings. The first-order chi connectivity index (χ1) is 9.32. The van der Waals surface area contributed by atoms with Crippen molar-refractivity contribution in [2.24, 2.45) is 0 Å². The molecule has 0 atom stereocenters. The number of halogens is 4. The third-order valence-corrected chi connectivity index (χ3v) is 3.28. The van der Waals surface area contributed by atoms with Gasteiger partial charge in [0.2, 0.25) is 0 Å². The SMILES string of the molecule is CCc1c(C)nc(-c2cccc(C(F)(F)F)c2)nc1Cl. The third-order valence-electron chi connectivity index (χ3n) is 2.97. The van der Waals surface area contributed by atoms with Crippen LogP contribution >= 0.6 is 11.6 Å². The Morgan fingerprint density at radius 1 is 1.20 bits per heavy atom. The van der Waals surface area contributed by atoms with Crippen molar-refractivity contribution < 1.29 is 13.2 Å². The van der Waals surface area contributed by atoms with Gasteiger partial charge in [-0.3, -0.25) is 0 Å². The van der Waals surface area contributed by atoms with Crippen molar-refractivity contribution in [1.82, 2.24) is 9.97 Å². The Kier molecular flexibility index (Phi) is 3.99. The molecular weight excluding hydrogens is 289 g/mol. The molecule has 0 unspecified atom stereocenters. The van der Waals surface area contributed by atoms with Gasteiger partial charge in [0.1, 0.15) is 5.15 Å². The highest BCUT2D eigenvalue weighted by Crippen LogP contribution is 2.32. The fourth-order valence-corrected chi connectivity index (χ4v) is 2.28. The summed E-state index contributed by atoms with van der Waals surface area (Å²) in [6.45, 7) is 3.69. The largest absolute Gasteiger partial charge is 0.416 e. The van der Waals surface area contributed by atoms with Gasteiger partial charge in [-0.15, -0.1) is 0 Å². The van der Waals surface area contributed by atoms with Crippen LogP contribution in [0, 0.1) is 6.92 Å². The molecule has 0 N–H and O–H groups in total. The Bertz CT molecular complexity index is 616. The predicted octanol–water partition coefficient (Wildman–Crippen LogP) is 4.69. The number of aryl methyl sites for hydroxylation is 1. The molecule has 0 aliphatic carbocycles. The number of nitrogens with zero attached hydrogens (tertiary/aromatic N) is 2. The maximum Gasteiger partial charge on any atom is 0.416 e. The molecule has 0 radical (unpaired) electrons. The molecule has 0 saturated carbocycles. The summed E-state index contributed by atoms with van der Waals surface area (Å²) in [6, 6.07) is 4.90. The minimum atomic E-state index is -4.39. The van der Waals surface area contributed by atoms with Gasteiger partial charge in [0.05, 0.1) is 5.56 Å². The van der Waals surface area contributed by atoms with Crippen LogP contribution in [0.25, 0.3) is 11.4 Å². The van der Waals surface area contributed by atoms with Crippen molar-refractivity contribution in [3.63, 3.8) is 0 Å². The van der Waals surface area contributed by atoms with Gasteiger partial charge < -0.3 is 0 Å². The zero-order chi connectivity index (χ0) is 14.9.